The Morgan fingerprint density at radius 3 is 2.64 bits per heavy atom. The van der Waals surface area contributed by atoms with Crippen molar-refractivity contribution >= 4 is 23.8 Å². The van der Waals surface area contributed by atoms with E-state index in [1.807, 2.05) is 25.1 Å². The quantitative estimate of drug-likeness (QED) is 0.831. The van der Waals surface area contributed by atoms with Crippen molar-refractivity contribution in [2.24, 2.45) is 0 Å². The molecule has 0 saturated carbocycles. The van der Waals surface area contributed by atoms with Crippen molar-refractivity contribution in [1.82, 2.24) is 5.32 Å². The molecule has 2 aromatic rings. The maximum absolute atomic E-state index is 11.9. The minimum Gasteiger partial charge on any atom is -0.483 e. The zero-order valence-electron chi connectivity index (χ0n) is 12.1. The molecular formula is C17H16ClNO3. The zero-order chi connectivity index (χ0) is 15.9. The molecule has 0 fully saturated rings. The molecule has 0 saturated heterocycles. The van der Waals surface area contributed by atoms with Gasteiger partial charge in [-0.1, -0.05) is 41.9 Å². The van der Waals surface area contributed by atoms with Crippen LogP contribution in [0.15, 0.2) is 48.5 Å². The van der Waals surface area contributed by atoms with E-state index in [4.69, 9.17) is 16.3 Å². The molecule has 114 valence electrons. The molecular weight excluding hydrogens is 302 g/mol. The Hall–Kier alpha value is -2.33. The second-order valence-corrected chi connectivity index (χ2v) is 5.16. The van der Waals surface area contributed by atoms with Crippen molar-refractivity contribution < 1.29 is 14.3 Å². The molecule has 1 N–H and O–H groups in total. The highest BCUT2D eigenvalue weighted by Gasteiger charge is 2.13. The standard InChI is InChI=1S/C17H16ClNO3/c1-12(14-7-3-4-8-15(14)18)19-17(21)11-22-16-9-5-2-6-13(16)10-20/h2-10,12H,11H2,1H3,(H,19,21)/t12-/m1/s1. The number of amides is 1. The molecule has 0 bridgehead atoms. The summed E-state index contributed by atoms with van der Waals surface area (Å²) in [4.78, 5) is 22.8. The number of aldehydes is 1. The monoisotopic (exact) mass is 317 g/mol. The van der Waals surface area contributed by atoms with Crippen LogP contribution in [0.2, 0.25) is 5.02 Å². The second kappa shape index (κ2) is 7.61. The Labute approximate surface area is 134 Å². The van der Waals surface area contributed by atoms with E-state index >= 15 is 0 Å². The lowest BCUT2D eigenvalue weighted by Gasteiger charge is -2.16. The molecule has 0 aliphatic carbocycles. The first-order chi connectivity index (χ1) is 10.6. The van der Waals surface area contributed by atoms with Crippen LogP contribution in [0.1, 0.15) is 28.9 Å². The summed E-state index contributed by atoms with van der Waals surface area (Å²) in [6.45, 7) is 1.68. The highest BCUT2D eigenvalue weighted by Crippen LogP contribution is 2.22. The van der Waals surface area contributed by atoms with E-state index in [1.165, 1.54) is 0 Å². The number of benzene rings is 2. The summed E-state index contributed by atoms with van der Waals surface area (Å²) < 4.78 is 5.38. The van der Waals surface area contributed by atoms with Gasteiger partial charge in [-0.3, -0.25) is 9.59 Å². The van der Waals surface area contributed by atoms with Crippen molar-refractivity contribution in [2.75, 3.05) is 6.61 Å². The smallest absolute Gasteiger partial charge is 0.258 e. The van der Waals surface area contributed by atoms with Crippen LogP contribution in [0.5, 0.6) is 5.75 Å². The Kier molecular flexibility index (Phi) is 5.55. The van der Waals surface area contributed by atoms with Gasteiger partial charge in [0.1, 0.15) is 5.75 Å². The summed E-state index contributed by atoms with van der Waals surface area (Å²) >= 11 is 6.09. The minimum absolute atomic E-state index is 0.167. The van der Waals surface area contributed by atoms with E-state index in [0.29, 0.717) is 22.6 Å². The number of nitrogens with one attached hydrogen (secondary N) is 1. The van der Waals surface area contributed by atoms with Crippen LogP contribution >= 0.6 is 11.6 Å². The lowest BCUT2D eigenvalue weighted by Crippen LogP contribution is -2.31. The SMILES string of the molecule is C[C@@H](NC(=O)COc1ccccc1C=O)c1ccccc1Cl. The van der Waals surface area contributed by atoms with Gasteiger partial charge in [-0.15, -0.1) is 0 Å². The summed E-state index contributed by atoms with van der Waals surface area (Å²) in [6.07, 6.45) is 0.694. The lowest BCUT2D eigenvalue weighted by atomic mass is 10.1. The van der Waals surface area contributed by atoms with E-state index in [0.717, 1.165) is 5.56 Å². The predicted octanol–water partition coefficient (Wildman–Crippen LogP) is 3.41. The van der Waals surface area contributed by atoms with Crippen molar-refractivity contribution in [2.45, 2.75) is 13.0 Å². The third-order valence-electron chi connectivity index (χ3n) is 3.15. The van der Waals surface area contributed by atoms with Gasteiger partial charge in [0.05, 0.1) is 11.6 Å². The van der Waals surface area contributed by atoms with Crippen molar-refractivity contribution in [1.29, 1.82) is 0 Å². The summed E-state index contributed by atoms with van der Waals surface area (Å²) in [7, 11) is 0. The molecule has 0 aromatic heterocycles. The number of rotatable bonds is 6. The predicted molar refractivity (Wildman–Crippen MR) is 85.3 cm³/mol. The molecule has 5 heteroatoms. The number of hydrogen-bond donors (Lipinski definition) is 1. The number of para-hydroxylation sites is 1. The highest BCUT2D eigenvalue weighted by atomic mass is 35.5. The maximum atomic E-state index is 11.9. The van der Waals surface area contributed by atoms with E-state index in [1.54, 1.807) is 30.3 Å². The molecule has 1 atom stereocenters. The van der Waals surface area contributed by atoms with E-state index in [-0.39, 0.29) is 18.6 Å². The zero-order valence-corrected chi connectivity index (χ0v) is 12.8. The molecule has 1 amide bonds. The number of carbonyl (C=O) groups excluding carboxylic acids is 2. The second-order valence-electron chi connectivity index (χ2n) is 4.76. The molecule has 0 unspecified atom stereocenters. The van der Waals surface area contributed by atoms with E-state index in [9.17, 15) is 9.59 Å². The summed E-state index contributed by atoms with van der Waals surface area (Å²) in [5.41, 5.74) is 1.25. The van der Waals surface area contributed by atoms with Crippen LogP contribution in [-0.2, 0) is 4.79 Å². The number of hydrogen-bond acceptors (Lipinski definition) is 3. The topological polar surface area (TPSA) is 55.4 Å². The van der Waals surface area contributed by atoms with Gasteiger partial charge in [0.15, 0.2) is 12.9 Å². The first kappa shape index (κ1) is 16.0. The van der Waals surface area contributed by atoms with Gasteiger partial charge < -0.3 is 10.1 Å². The Balaban J connectivity index is 1.93. The molecule has 2 rings (SSSR count). The van der Waals surface area contributed by atoms with Gasteiger partial charge >= 0.3 is 0 Å². The number of carbonyl (C=O) groups is 2. The first-order valence-electron chi connectivity index (χ1n) is 6.82. The Morgan fingerprint density at radius 1 is 1.23 bits per heavy atom. The van der Waals surface area contributed by atoms with Gasteiger partial charge in [0.2, 0.25) is 0 Å². The molecule has 2 aromatic carbocycles. The van der Waals surface area contributed by atoms with Crippen molar-refractivity contribution in [3.8, 4) is 5.75 Å². The van der Waals surface area contributed by atoms with Gasteiger partial charge in [-0.25, -0.2) is 0 Å². The summed E-state index contributed by atoms with van der Waals surface area (Å²) in [6, 6.07) is 13.8. The van der Waals surface area contributed by atoms with Gasteiger partial charge in [-0.2, -0.15) is 0 Å². The fourth-order valence-corrected chi connectivity index (χ4v) is 2.34. The third-order valence-corrected chi connectivity index (χ3v) is 3.50. The highest BCUT2D eigenvalue weighted by molar-refractivity contribution is 6.31. The Morgan fingerprint density at radius 2 is 1.91 bits per heavy atom. The van der Waals surface area contributed by atoms with Crippen LogP contribution < -0.4 is 10.1 Å². The molecule has 22 heavy (non-hydrogen) atoms. The molecule has 0 aliphatic heterocycles. The van der Waals surface area contributed by atoms with Gasteiger partial charge in [-0.05, 0) is 30.7 Å². The van der Waals surface area contributed by atoms with Crippen molar-refractivity contribution in [3.63, 3.8) is 0 Å². The van der Waals surface area contributed by atoms with E-state index < -0.39 is 0 Å². The molecule has 4 nitrogen and oxygen atoms in total. The average Bonchev–Trinajstić information content (AvgIpc) is 2.53. The molecule has 0 spiro atoms. The lowest BCUT2D eigenvalue weighted by molar-refractivity contribution is -0.123. The van der Waals surface area contributed by atoms with Crippen LogP contribution in [-0.4, -0.2) is 18.8 Å². The molecule has 0 radical (unpaired) electrons. The van der Waals surface area contributed by atoms with Gasteiger partial charge in [0.25, 0.3) is 5.91 Å². The van der Waals surface area contributed by atoms with Crippen LogP contribution in [0.25, 0.3) is 0 Å². The number of ether oxygens (including phenoxy) is 1. The van der Waals surface area contributed by atoms with Crippen LogP contribution in [0, 0.1) is 0 Å². The average molecular weight is 318 g/mol. The minimum atomic E-state index is -0.284. The fourth-order valence-electron chi connectivity index (χ4n) is 2.04. The first-order valence-corrected chi connectivity index (χ1v) is 7.20. The largest absolute Gasteiger partial charge is 0.483 e. The number of halogens is 1. The van der Waals surface area contributed by atoms with Crippen molar-refractivity contribution in [3.05, 3.63) is 64.7 Å². The normalized spacial score (nSPS) is 11.5. The maximum Gasteiger partial charge on any atom is 0.258 e. The van der Waals surface area contributed by atoms with Crippen LogP contribution in [0.4, 0.5) is 0 Å². The summed E-state index contributed by atoms with van der Waals surface area (Å²) in [5.74, 6) is 0.103. The summed E-state index contributed by atoms with van der Waals surface area (Å²) in [5, 5.41) is 3.41. The Bertz CT molecular complexity index is 672. The van der Waals surface area contributed by atoms with E-state index in [2.05, 4.69) is 5.32 Å². The molecule has 0 heterocycles. The third kappa shape index (κ3) is 4.09. The van der Waals surface area contributed by atoms with Gasteiger partial charge in [0, 0.05) is 5.02 Å². The fraction of sp³-hybridized carbons (Fsp3) is 0.176. The molecule has 0 aliphatic rings. The van der Waals surface area contributed by atoms with Crippen LogP contribution in [0.3, 0.4) is 0 Å².